The Labute approximate surface area is 148 Å². The first-order valence-corrected chi connectivity index (χ1v) is 8.86. The van der Waals surface area contributed by atoms with Crippen LogP contribution in [-0.4, -0.2) is 27.2 Å². The van der Waals surface area contributed by atoms with Crippen LogP contribution in [-0.2, 0) is 10.0 Å². The van der Waals surface area contributed by atoms with Crippen LogP contribution in [0.2, 0.25) is 0 Å². The summed E-state index contributed by atoms with van der Waals surface area (Å²) in [6.45, 7) is 1.88. The molecule has 0 saturated carbocycles. The Hall–Kier alpha value is -2.59. The highest BCUT2D eigenvalue weighted by Crippen LogP contribution is 2.24. The summed E-state index contributed by atoms with van der Waals surface area (Å²) in [6.07, 6.45) is -4.79. The Morgan fingerprint density at radius 1 is 1.04 bits per heavy atom. The molecule has 0 heterocycles. The number of rotatable bonds is 6. The second-order valence-corrected chi connectivity index (χ2v) is 6.82. The van der Waals surface area contributed by atoms with Crippen LogP contribution >= 0.6 is 0 Å². The van der Waals surface area contributed by atoms with E-state index in [1.807, 2.05) is 0 Å². The van der Waals surface area contributed by atoms with Crippen molar-refractivity contribution in [3.05, 3.63) is 54.1 Å². The summed E-state index contributed by atoms with van der Waals surface area (Å²) in [6, 6.07) is 9.87. The van der Waals surface area contributed by atoms with Crippen molar-refractivity contribution in [2.24, 2.45) is 0 Å². The van der Waals surface area contributed by atoms with Crippen LogP contribution in [0.3, 0.4) is 0 Å². The lowest BCUT2D eigenvalue weighted by atomic mass is 10.2. The molecule has 2 N–H and O–H groups in total. The van der Waals surface area contributed by atoms with Gasteiger partial charge in [0.25, 0.3) is 5.91 Å². The summed E-state index contributed by atoms with van der Waals surface area (Å²) in [4.78, 5) is 12.1. The lowest BCUT2D eigenvalue weighted by molar-refractivity contribution is -0.274. The lowest BCUT2D eigenvalue weighted by Crippen LogP contribution is -2.23. The van der Waals surface area contributed by atoms with Crippen LogP contribution in [0.1, 0.15) is 17.3 Å². The number of nitrogens with one attached hydrogen (secondary N) is 2. The first kappa shape index (κ1) is 19.7. The summed E-state index contributed by atoms with van der Waals surface area (Å²) in [7, 11) is -3.62. The minimum absolute atomic E-state index is 0.0181. The molecule has 0 aliphatic heterocycles. The molecule has 26 heavy (non-hydrogen) atoms. The average Bonchev–Trinajstić information content (AvgIpc) is 2.55. The average molecular weight is 388 g/mol. The minimum Gasteiger partial charge on any atom is -0.406 e. The fourth-order valence-electron chi connectivity index (χ4n) is 2.00. The number of carbonyl (C=O) groups is 1. The van der Waals surface area contributed by atoms with Crippen LogP contribution in [0.4, 0.5) is 18.9 Å². The van der Waals surface area contributed by atoms with E-state index >= 15 is 0 Å². The first-order valence-electron chi connectivity index (χ1n) is 7.37. The molecule has 1 amide bonds. The summed E-state index contributed by atoms with van der Waals surface area (Å²) in [5, 5.41) is 2.49. The highest BCUT2D eigenvalue weighted by atomic mass is 32.2. The second-order valence-electron chi connectivity index (χ2n) is 5.05. The van der Waals surface area contributed by atoms with Gasteiger partial charge in [-0.2, -0.15) is 0 Å². The number of amides is 1. The van der Waals surface area contributed by atoms with E-state index in [-0.39, 0.29) is 22.7 Å². The molecule has 0 unspecified atom stereocenters. The molecule has 2 rings (SSSR count). The molecule has 6 nitrogen and oxygen atoms in total. The van der Waals surface area contributed by atoms with E-state index in [0.29, 0.717) is 0 Å². The van der Waals surface area contributed by atoms with Crippen molar-refractivity contribution in [2.45, 2.75) is 18.2 Å². The van der Waals surface area contributed by atoms with Gasteiger partial charge in [-0.1, -0.05) is 6.92 Å². The smallest absolute Gasteiger partial charge is 0.406 e. The van der Waals surface area contributed by atoms with Crippen molar-refractivity contribution in [3.63, 3.8) is 0 Å². The predicted molar refractivity (Wildman–Crippen MR) is 88.4 cm³/mol. The van der Waals surface area contributed by atoms with Gasteiger partial charge < -0.3 is 10.1 Å². The Kier molecular flexibility index (Phi) is 5.88. The number of hydrogen-bond acceptors (Lipinski definition) is 4. The number of hydrogen-bond donors (Lipinski definition) is 2. The summed E-state index contributed by atoms with van der Waals surface area (Å²) in [5.74, 6) is -0.949. The lowest BCUT2D eigenvalue weighted by Gasteiger charge is -2.10. The van der Waals surface area contributed by atoms with Gasteiger partial charge >= 0.3 is 6.36 Å². The number of halogens is 3. The van der Waals surface area contributed by atoms with Crippen molar-refractivity contribution in [3.8, 4) is 5.75 Å². The van der Waals surface area contributed by atoms with Gasteiger partial charge in [-0.15, -0.1) is 13.2 Å². The van der Waals surface area contributed by atoms with Crippen molar-refractivity contribution in [1.29, 1.82) is 0 Å². The fourth-order valence-corrected chi connectivity index (χ4v) is 3.04. The predicted octanol–water partition coefficient (Wildman–Crippen LogP) is 3.14. The third kappa shape index (κ3) is 5.46. The van der Waals surface area contributed by atoms with E-state index in [2.05, 4.69) is 14.8 Å². The van der Waals surface area contributed by atoms with Gasteiger partial charge in [-0.3, -0.25) is 4.79 Å². The number of sulfonamides is 1. The molecule has 0 aliphatic rings. The Balaban J connectivity index is 2.06. The van der Waals surface area contributed by atoms with Gasteiger partial charge in [0.05, 0.1) is 4.90 Å². The molecular weight excluding hydrogens is 373 g/mol. The summed E-state index contributed by atoms with van der Waals surface area (Å²) in [5.41, 5.74) is 0.449. The highest BCUT2D eigenvalue weighted by molar-refractivity contribution is 7.89. The molecule has 10 heteroatoms. The Bertz CT molecular complexity index is 864. The second kappa shape index (κ2) is 7.75. The molecule has 0 aromatic heterocycles. The number of ether oxygens (including phenoxy) is 1. The van der Waals surface area contributed by atoms with Crippen molar-refractivity contribution >= 4 is 21.6 Å². The van der Waals surface area contributed by atoms with Gasteiger partial charge in [0.15, 0.2) is 0 Å². The summed E-state index contributed by atoms with van der Waals surface area (Å²) >= 11 is 0. The highest BCUT2D eigenvalue weighted by Gasteiger charge is 2.30. The van der Waals surface area contributed by atoms with E-state index in [4.69, 9.17) is 0 Å². The standard InChI is InChI=1S/C16H15F3N2O4S/c1-2-20-26(23,24)14-9-3-11(4-10-14)15(22)21-12-5-7-13(8-6-12)25-16(17,18)19/h3-10,20H,2H2,1H3,(H,21,22). The fraction of sp³-hybridized carbons (Fsp3) is 0.188. The molecule has 2 aromatic carbocycles. The third-order valence-electron chi connectivity index (χ3n) is 3.11. The third-order valence-corrected chi connectivity index (χ3v) is 4.67. The normalized spacial score (nSPS) is 11.8. The van der Waals surface area contributed by atoms with Crippen LogP contribution < -0.4 is 14.8 Å². The van der Waals surface area contributed by atoms with Gasteiger partial charge in [-0.25, -0.2) is 13.1 Å². The maximum Gasteiger partial charge on any atom is 0.573 e. The van der Waals surface area contributed by atoms with Crippen molar-refractivity contribution < 1.29 is 31.1 Å². The number of carbonyl (C=O) groups excluding carboxylic acids is 1. The minimum atomic E-state index is -4.79. The molecule has 140 valence electrons. The van der Waals surface area contributed by atoms with Gasteiger partial charge in [0.1, 0.15) is 5.75 Å². The molecule has 0 fully saturated rings. The monoisotopic (exact) mass is 388 g/mol. The van der Waals surface area contributed by atoms with Crippen LogP contribution in [0.5, 0.6) is 5.75 Å². The van der Waals surface area contributed by atoms with E-state index in [9.17, 15) is 26.4 Å². The Morgan fingerprint density at radius 3 is 2.12 bits per heavy atom. The summed E-state index contributed by atoms with van der Waals surface area (Å²) < 4.78 is 66.0. The molecule has 0 radical (unpaired) electrons. The van der Waals surface area contributed by atoms with Crippen LogP contribution in [0.15, 0.2) is 53.4 Å². The Morgan fingerprint density at radius 2 is 1.62 bits per heavy atom. The molecule has 0 saturated heterocycles. The van der Waals surface area contributed by atoms with E-state index in [0.717, 1.165) is 12.1 Å². The first-order chi connectivity index (χ1) is 12.1. The maximum absolute atomic E-state index is 12.1. The number of benzene rings is 2. The zero-order valence-electron chi connectivity index (χ0n) is 13.5. The van der Waals surface area contributed by atoms with Gasteiger partial charge in [0, 0.05) is 17.8 Å². The SMILES string of the molecule is CCNS(=O)(=O)c1ccc(C(=O)Nc2ccc(OC(F)(F)F)cc2)cc1. The molecule has 0 aliphatic carbocycles. The quantitative estimate of drug-likeness (QED) is 0.796. The van der Waals surface area contributed by atoms with E-state index in [1.54, 1.807) is 6.92 Å². The number of alkyl halides is 3. The van der Waals surface area contributed by atoms with Gasteiger partial charge in [-0.05, 0) is 48.5 Å². The zero-order valence-corrected chi connectivity index (χ0v) is 14.3. The largest absolute Gasteiger partial charge is 0.573 e. The van der Waals surface area contributed by atoms with Crippen molar-refractivity contribution in [1.82, 2.24) is 4.72 Å². The topological polar surface area (TPSA) is 84.5 Å². The molecule has 0 spiro atoms. The molecular formula is C16H15F3N2O4S. The number of anilines is 1. The van der Waals surface area contributed by atoms with E-state index in [1.165, 1.54) is 36.4 Å². The molecule has 2 aromatic rings. The maximum atomic E-state index is 12.1. The van der Waals surface area contributed by atoms with Gasteiger partial charge in [0.2, 0.25) is 10.0 Å². The molecule has 0 atom stereocenters. The van der Waals surface area contributed by atoms with Crippen molar-refractivity contribution in [2.75, 3.05) is 11.9 Å². The zero-order chi connectivity index (χ0) is 19.4. The van der Waals surface area contributed by atoms with E-state index < -0.39 is 28.0 Å². The van der Waals surface area contributed by atoms with Crippen LogP contribution in [0.25, 0.3) is 0 Å². The molecule has 0 bridgehead atoms. The van der Waals surface area contributed by atoms with Crippen LogP contribution in [0, 0.1) is 0 Å².